The normalized spacial score (nSPS) is 18.8. The highest BCUT2D eigenvalue weighted by atomic mass is 35.5. The van der Waals surface area contributed by atoms with E-state index in [9.17, 15) is 4.79 Å². The Kier molecular flexibility index (Phi) is 6.26. The number of anilines is 1. The van der Waals surface area contributed by atoms with Crippen molar-refractivity contribution < 1.29 is 14.3 Å². The van der Waals surface area contributed by atoms with Crippen molar-refractivity contribution >= 4 is 45.7 Å². The van der Waals surface area contributed by atoms with Gasteiger partial charge in [0.05, 0.1) is 25.5 Å². The zero-order valence-corrected chi connectivity index (χ0v) is 20.5. The van der Waals surface area contributed by atoms with E-state index in [0.717, 1.165) is 29.7 Å². The Morgan fingerprint density at radius 1 is 1.27 bits per heavy atom. The molecule has 1 atom stereocenters. The van der Waals surface area contributed by atoms with Crippen molar-refractivity contribution in [3.8, 4) is 16.9 Å². The van der Waals surface area contributed by atoms with Crippen LogP contribution >= 0.6 is 34.7 Å². The molecule has 33 heavy (non-hydrogen) atoms. The molecule has 3 aromatic rings. The third-order valence-corrected chi connectivity index (χ3v) is 8.71. The Labute approximate surface area is 204 Å². The number of aromatic nitrogens is 4. The maximum absolute atomic E-state index is 13.2. The van der Waals surface area contributed by atoms with E-state index in [0.29, 0.717) is 38.6 Å². The molecule has 172 valence electrons. The fourth-order valence-electron chi connectivity index (χ4n) is 4.06. The Bertz CT molecular complexity index is 1190. The average Bonchev–Trinajstić information content (AvgIpc) is 3.18. The first-order valence-electron chi connectivity index (χ1n) is 10.6. The average molecular weight is 504 g/mol. The number of thioether (sulfide) groups is 1. The Hall–Kier alpha value is -2.27. The summed E-state index contributed by atoms with van der Waals surface area (Å²) in [6.07, 6.45) is 6.51. The lowest BCUT2D eigenvalue weighted by atomic mass is 10.0. The molecule has 1 aliphatic heterocycles. The summed E-state index contributed by atoms with van der Waals surface area (Å²) >= 11 is 9.28. The third-order valence-electron chi connectivity index (χ3n) is 5.96. The monoisotopic (exact) mass is 503 g/mol. The third kappa shape index (κ3) is 4.70. The Morgan fingerprint density at radius 2 is 2.12 bits per heavy atom. The first-order valence-corrected chi connectivity index (χ1v) is 12.6. The molecule has 2 fully saturated rings. The van der Waals surface area contributed by atoms with Crippen LogP contribution in [0, 0.1) is 12.8 Å². The number of nitrogens with one attached hydrogen (secondary N) is 1. The fourth-order valence-corrected chi connectivity index (χ4v) is 6.68. The van der Waals surface area contributed by atoms with Crippen molar-refractivity contribution in [2.45, 2.75) is 35.3 Å². The summed E-state index contributed by atoms with van der Waals surface area (Å²) in [6.45, 7) is 3.52. The molecular weight excluding hydrogens is 482 g/mol. The first kappa shape index (κ1) is 22.5. The maximum atomic E-state index is 13.2. The number of methoxy groups -OCH3 is 1. The van der Waals surface area contributed by atoms with Crippen LogP contribution in [-0.2, 0) is 4.74 Å². The van der Waals surface area contributed by atoms with Gasteiger partial charge in [-0.1, -0.05) is 34.7 Å². The lowest BCUT2D eigenvalue weighted by molar-refractivity contribution is 0.102. The number of carbonyl (C=O) groups is 1. The Morgan fingerprint density at radius 3 is 2.85 bits per heavy atom. The molecule has 0 spiro atoms. The fraction of sp³-hybridized carbons (Fsp3) is 0.409. The van der Waals surface area contributed by atoms with Gasteiger partial charge < -0.3 is 9.47 Å². The molecule has 0 aromatic carbocycles. The van der Waals surface area contributed by atoms with E-state index in [1.54, 1.807) is 31.1 Å². The number of nitrogens with zero attached hydrogens (tertiary/aromatic N) is 4. The molecule has 0 radical (unpaired) electrons. The molecule has 4 heterocycles. The van der Waals surface area contributed by atoms with Crippen molar-refractivity contribution in [3.05, 3.63) is 40.9 Å². The molecule has 1 saturated heterocycles. The van der Waals surface area contributed by atoms with Crippen molar-refractivity contribution in [1.29, 1.82) is 0 Å². The highest BCUT2D eigenvalue weighted by molar-refractivity contribution is 8.02. The van der Waals surface area contributed by atoms with Crippen LogP contribution < -0.4 is 10.1 Å². The first-order chi connectivity index (χ1) is 16.0. The van der Waals surface area contributed by atoms with Crippen molar-refractivity contribution in [2.24, 2.45) is 5.92 Å². The molecule has 1 amide bonds. The number of halogens is 1. The van der Waals surface area contributed by atoms with Crippen LogP contribution in [0.25, 0.3) is 11.1 Å². The second-order valence-corrected chi connectivity index (χ2v) is 11.2. The van der Waals surface area contributed by atoms with E-state index in [2.05, 4.69) is 25.5 Å². The number of pyridine rings is 2. The highest BCUT2D eigenvalue weighted by Gasteiger charge is 2.52. The van der Waals surface area contributed by atoms with Crippen LogP contribution in [0.1, 0.15) is 35.3 Å². The van der Waals surface area contributed by atoms with E-state index in [1.165, 1.54) is 30.4 Å². The molecule has 11 heteroatoms. The summed E-state index contributed by atoms with van der Waals surface area (Å²) in [6, 6.07) is 3.50. The van der Waals surface area contributed by atoms with Crippen LogP contribution in [0.2, 0.25) is 5.15 Å². The smallest absolute Gasteiger partial charge is 0.259 e. The summed E-state index contributed by atoms with van der Waals surface area (Å²) in [5, 5.41) is 12.1. The van der Waals surface area contributed by atoms with E-state index < -0.39 is 0 Å². The van der Waals surface area contributed by atoms with Crippen LogP contribution in [0.15, 0.2) is 28.9 Å². The van der Waals surface area contributed by atoms with Gasteiger partial charge in [-0.2, -0.15) is 0 Å². The van der Waals surface area contributed by atoms with E-state index in [4.69, 9.17) is 21.1 Å². The van der Waals surface area contributed by atoms with E-state index in [-0.39, 0.29) is 10.7 Å². The van der Waals surface area contributed by atoms with Gasteiger partial charge in [0.25, 0.3) is 5.91 Å². The molecule has 1 N–H and O–H groups in total. The molecule has 5 rings (SSSR count). The van der Waals surface area contributed by atoms with Gasteiger partial charge in [0.2, 0.25) is 5.13 Å². The minimum Gasteiger partial charge on any atom is -0.494 e. The highest BCUT2D eigenvalue weighted by Crippen LogP contribution is 2.59. The largest absolute Gasteiger partial charge is 0.494 e. The number of aryl methyl sites for hydroxylation is 1. The van der Waals surface area contributed by atoms with Crippen LogP contribution in [0.5, 0.6) is 5.75 Å². The summed E-state index contributed by atoms with van der Waals surface area (Å²) in [4.78, 5) is 21.6. The van der Waals surface area contributed by atoms with Gasteiger partial charge >= 0.3 is 0 Å². The molecule has 1 aliphatic carbocycles. The number of ether oxygens (including phenoxy) is 2. The van der Waals surface area contributed by atoms with Gasteiger partial charge in [-0.3, -0.25) is 15.1 Å². The van der Waals surface area contributed by atoms with Gasteiger partial charge in [0, 0.05) is 34.4 Å². The topological polar surface area (TPSA) is 99.1 Å². The second kappa shape index (κ2) is 9.17. The van der Waals surface area contributed by atoms with E-state index in [1.807, 2.05) is 13.0 Å². The predicted molar refractivity (Wildman–Crippen MR) is 128 cm³/mol. The number of hydrogen-bond acceptors (Lipinski definition) is 9. The molecule has 8 nitrogen and oxygen atoms in total. The number of amides is 1. The minimum absolute atomic E-state index is 0.211. The quantitative estimate of drug-likeness (QED) is 0.360. The van der Waals surface area contributed by atoms with Crippen LogP contribution in [0.3, 0.4) is 0 Å². The van der Waals surface area contributed by atoms with Crippen LogP contribution in [-0.4, -0.2) is 51.1 Å². The lowest BCUT2D eigenvalue weighted by Gasteiger charge is -2.18. The van der Waals surface area contributed by atoms with Gasteiger partial charge in [0.15, 0.2) is 4.34 Å². The van der Waals surface area contributed by atoms with Gasteiger partial charge in [-0.15, -0.1) is 10.2 Å². The maximum Gasteiger partial charge on any atom is 0.259 e. The summed E-state index contributed by atoms with van der Waals surface area (Å²) in [5.41, 5.74) is 2.46. The summed E-state index contributed by atoms with van der Waals surface area (Å²) < 4.78 is 12.1. The van der Waals surface area contributed by atoms with Gasteiger partial charge in [-0.25, -0.2) is 4.98 Å². The standard InChI is InChI=1S/C22H22ClN5O3S2/c1-12-7-14(15-8-18(23)25-10-17(15)30-2)16(9-24-12)19(29)26-20-27-28-21(32-20)33-22(4-5-22)13-3-6-31-11-13/h7-10,13H,3-6,11H2,1-2H3,(H,26,27,29). The molecule has 1 saturated carbocycles. The van der Waals surface area contributed by atoms with Gasteiger partial charge in [-0.05, 0) is 44.2 Å². The van der Waals surface area contributed by atoms with Crippen molar-refractivity contribution in [2.75, 3.05) is 25.6 Å². The van der Waals surface area contributed by atoms with E-state index >= 15 is 0 Å². The molecule has 0 bridgehead atoms. The molecule has 1 unspecified atom stereocenters. The van der Waals surface area contributed by atoms with Crippen molar-refractivity contribution in [3.63, 3.8) is 0 Å². The lowest BCUT2D eigenvalue weighted by Crippen LogP contribution is -2.18. The minimum atomic E-state index is -0.328. The number of carbonyl (C=O) groups excluding carboxylic acids is 1. The summed E-state index contributed by atoms with van der Waals surface area (Å²) in [7, 11) is 1.55. The molecular formula is C22H22ClN5O3S2. The predicted octanol–water partition coefficient (Wildman–Crippen LogP) is 4.88. The Balaban J connectivity index is 1.37. The molecule has 2 aliphatic rings. The number of hydrogen-bond donors (Lipinski definition) is 1. The number of rotatable bonds is 7. The molecule has 3 aromatic heterocycles. The van der Waals surface area contributed by atoms with Crippen molar-refractivity contribution in [1.82, 2.24) is 20.2 Å². The van der Waals surface area contributed by atoms with Gasteiger partial charge in [0.1, 0.15) is 10.9 Å². The zero-order chi connectivity index (χ0) is 23.0. The SMILES string of the molecule is COc1cnc(Cl)cc1-c1cc(C)ncc1C(=O)Nc1nnc(SC2(C3CCOC3)CC2)s1. The summed E-state index contributed by atoms with van der Waals surface area (Å²) in [5.74, 6) is 0.748. The van der Waals surface area contributed by atoms with Crippen LogP contribution in [0.4, 0.5) is 5.13 Å². The second-order valence-electron chi connectivity index (χ2n) is 8.13. The zero-order valence-electron chi connectivity index (χ0n) is 18.1.